The predicted molar refractivity (Wildman–Crippen MR) is 65.6 cm³/mol. The van der Waals surface area contributed by atoms with Gasteiger partial charge in [-0.1, -0.05) is 18.7 Å². The summed E-state index contributed by atoms with van der Waals surface area (Å²) in [5.41, 5.74) is 0.705. The Morgan fingerprint density at radius 1 is 1.24 bits per heavy atom. The van der Waals surface area contributed by atoms with Crippen LogP contribution in [0.25, 0.3) is 0 Å². The van der Waals surface area contributed by atoms with Crippen molar-refractivity contribution in [3.05, 3.63) is 42.6 Å². The highest BCUT2D eigenvalue weighted by Crippen LogP contribution is 2.25. The topological polar surface area (TPSA) is 58.9 Å². The van der Waals surface area contributed by atoms with Crippen LogP contribution in [0.4, 0.5) is 0 Å². The zero-order valence-electron chi connectivity index (χ0n) is 9.45. The molecule has 2 heterocycles. The highest BCUT2D eigenvalue weighted by molar-refractivity contribution is 7.99. The number of aromatic nitrogens is 3. The molecule has 0 aliphatic rings. The molecule has 88 valence electrons. The Balaban J connectivity index is 2.08. The number of aliphatic hydroxyl groups excluding tert-OH is 1. The first kappa shape index (κ1) is 12.0. The summed E-state index contributed by atoms with van der Waals surface area (Å²) in [6, 6.07) is 3.77. The van der Waals surface area contributed by atoms with Gasteiger partial charge in [-0.2, -0.15) is 0 Å². The van der Waals surface area contributed by atoms with E-state index in [9.17, 15) is 5.11 Å². The number of aliphatic hydroxyl groups is 1. The van der Waals surface area contributed by atoms with E-state index in [4.69, 9.17) is 0 Å². The molecule has 0 aliphatic heterocycles. The van der Waals surface area contributed by atoms with Gasteiger partial charge in [-0.05, 0) is 18.6 Å². The number of hydrogen-bond acceptors (Lipinski definition) is 5. The number of hydrogen-bond donors (Lipinski definition) is 1. The van der Waals surface area contributed by atoms with Gasteiger partial charge in [0.2, 0.25) is 0 Å². The summed E-state index contributed by atoms with van der Waals surface area (Å²) >= 11 is 1.50. The van der Waals surface area contributed by atoms with Gasteiger partial charge < -0.3 is 5.11 Å². The zero-order chi connectivity index (χ0) is 12.1. The summed E-state index contributed by atoms with van der Waals surface area (Å²) in [6.45, 7) is 1.93. The summed E-state index contributed by atoms with van der Waals surface area (Å²) < 4.78 is 0. The van der Waals surface area contributed by atoms with E-state index < -0.39 is 6.10 Å². The third-order valence-corrected chi connectivity index (χ3v) is 3.15. The summed E-state index contributed by atoms with van der Waals surface area (Å²) in [6.07, 6.45) is 6.94. The average Bonchev–Trinajstić information content (AvgIpc) is 2.40. The van der Waals surface area contributed by atoms with Crippen molar-refractivity contribution < 1.29 is 5.11 Å². The minimum atomic E-state index is -0.481. The number of pyridine rings is 1. The van der Waals surface area contributed by atoms with Crippen molar-refractivity contribution in [3.8, 4) is 0 Å². The number of nitrogens with zero attached hydrogens (tertiary/aromatic N) is 3. The van der Waals surface area contributed by atoms with Gasteiger partial charge in [0, 0.05) is 23.5 Å². The molecule has 0 saturated heterocycles. The highest BCUT2D eigenvalue weighted by atomic mass is 32.2. The van der Waals surface area contributed by atoms with E-state index in [1.807, 2.05) is 19.1 Å². The Hall–Kier alpha value is -1.46. The molecule has 5 heteroatoms. The summed E-state index contributed by atoms with van der Waals surface area (Å²) in [5, 5.41) is 10.4. The van der Waals surface area contributed by atoms with Gasteiger partial charge in [-0.15, -0.1) is 0 Å². The van der Waals surface area contributed by atoms with Gasteiger partial charge in [-0.25, -0.2) is 4.98 Å². The maximum Gasteiger partial charge on any atom is 0.119 e. The summed E-state index contributed by atoms with van der Waals surface area (Å²) in [4.78, 5) is 13.4. The van der Waals surface area contributed by atoms with E-state index in [-0.39, 0.29) is 0 Å². The van der Waals surface area contributed by atoms with Gasteiger partial charge in [0.1, 0.15) is 5.03 Å². The lowest BCUT2D eigenvalue weighted by Gasteiger charge is -2.07. The highest BCUT2D eigenvalue weighted by Gasteiger charge is 2.06. The lowest BCUT2D eigenvalue weighted by Crippen LogP contribution is -1.97. The molecule has 1 atom stereocenters. The molecular weight excluding hydrogens is 234 g/mol. The molecule has 0 amide bonds. The Labute approximate surface area is 104 Å². The van der Waals surface area contributed by atoms with Crippen LogP contribution in [0.3, 0.4) is 0 Å². The molecule has 0 saturated carbocycles. The van der Waals surface area contributed by atoms with E-state index in [0.717, 1.165) is 9.92 Å². The summed E-state index contributed by atoms with van der Waals surface area (Å²) in [7, 11) is 0. The standard InChI is InChI=1S/C12H13N3OS/c1-2-11(16)10-4-3-9(7-15-10)17-12-8-13-5-6-14-12/h3-8,11,16H,2H2,1H3/t11-/m0/s1. The molecule has 0 aromatic carbocycles. The lowest BCUT2D eigenvalue weighted by molar-refractivity contribution is 0.169. The normalized spacial score (nSPS) is 12.4. The fraction of sp³-hybridized carbons (Fsp3) is 0.250. The van der Waals surface area contributed by atoms with Crippen molar-refractivity contribution in [2.75, 3.05) is 0 Å². The first-order valence-corrected chi connectivity index (χ1v) is 6.19. The lowest BCUT2D eigenvalue weighted by atomic mass is 10.2. The molecule has 4 nitrogen and oxygen atoms in total. The maximum atomic E-state index is 9.62. The Morgan fingerprint density at radius 2 is 2.12 bits per heavy atom. The van der Waals surface area contributed by atoms with Crippen molar-refractivity contribution in [2.45, 2.75) is 29.4 Å². The monoisotopic (exact) mass is 247 g/mol. The van der Waals surface area contributed by atoms with E-state index in [1.165, 1.54) is 11.8 Å². The fourth-order valence-corrected chi connectivity index (χ4v) is 2.03. The van der Waals surface area contributed by atoms with E-state index in [1.54, 1.807) is 24.8 Å². The third kappa shape index (κ3) is 3.25. The predicted octanol–water partition coefficient (Wildman–Crippen LogP) is 2.47. The maximum absolute atomic E-state index is 9.62. The van der Waals surface area contributed by atoms with Crippen LogP contribution < -0.4 is 0 Å². The minimum absolute atomic E-state index is 0.481. The van der Waals surface area contributed by atoms with Crippen LogP contribution in [0.2, 0.25) is 0 Å². The molecule has 2 aromatic rings. The van der Waals surface area contributed by atoms with Gasteiger partial charge in [0.25, 0.3) is 0 Å². The first-order valence-electron chi connectivity index (χ1n) is 5.37. The minimum Gasteiger partial charge on any atom is -0.387 e. The molecule has 2 aromatic heterocycles. The van der Waals surface area contributed by atoms with Gasteiger partial charge in [0.15, 0.2) is 0 Å². The molecule has 0 fully saturated rings. The van der Waals surface area contributed by atoms with Gasteiger partial charge >= 0.3 is 0 Å². The van der Waals surface area contributed by atoms with Crippen LogP contribution in [-0.2, 0) is 0 Å². The summed E-state index contributed by atoms with van der Waals surface area (Å²) in [5.74, 6) is 0. The Morgan fingerprint density at radius 3 is 2.71 bits per heavy atom. The molecule has 0 radical (unpaired) electrons. The third-order valence-electron chi connectivity index (χ3n) is 2.25. The molecule has 0 unspecified atom stereocenters. The Kier molecular flexibility index (Phi) is 4.06. The molecule has 0 spiro atoms. The average molecular weight is 247 g/mol. The number of rotatable bonds is 4. The second-order valence-corrected chi connectivity index (χ2v) is 4.58. The molecule has 1 N–H and O–H groups in total. The van der Waals surface area contributed by atoms with E-state index in [0.29, 0.717) is 12.1 Å². The van der Waals surface area contributed by atoms with E-state index in [2.05, 4.69) is 15.0 Å². The van der Waals surface area contributed by atoms with Crippen LogP contribution in [-0.4, -0.2) is 20.1 Å². The van der Waals surface area contributed by atoms with Crippen LogP contribution in [0.5, 0.6) is 0 Å². The molecule has 2 rings (SSSR count). The molecule has 0 aliphatic carbocycles. The zero-order valence-corrected chi connectivity index (χ0v) is 10.3. The molecule has 17 heavy (non-hydrogen) atoms. The van der Waals surface area contributed by atoms with Gasteiger partial charge in [0.05, 0.1) is 18.0 Å². The van der Waals surface area contributed by atoms with Crippen molar-refractivity contribution in [1.29, 1.82) is 0 Å². The van der Waals surface area contributed by atoms with Crippen LogP contribution in [0.15, 0.2) is 46.8 Å². The van der Waals surface area contributed by atoms with Crippen molar-refractivity contribution >= 4 is 11.8 Å². The first-order chi connectivity index (χ1) is 8.29. The second-order valence-electron chi connectivity index (χ2n) is 3.49. The second kappa shape index (κ2) is 5.75. The van der Waals surface area contributed by atoms with Crippen LogP contribution >= 0.6 is 11.8 Å². The SMILES string of the molecule is CC[C@H](O)c1ccc(Sc2cnccn2)cn1. The molecule has 0 bridgehead atoms. The van der Waals surface area contributed by atoms with Crippen molar-refractivity contribution in [3.63, 3.8) is 0 Å². The van der Waals surface area contributed by atoms with E-state index >= 15 is 0 Å². The quantitative estimate of drug-likeness (QED) is 0.899. The largest absolute Gasteiger partial charge is 0.387 e. The van der Waals surface area contributed by atoms with Crippen molar-refractivity contribution in [2.24, 2.45) is 0 Å². The molecular formula is C12H13N3OS. The van der Waals surface area contributed by atoms with Gasteiger partial charge in [-0.3, -0.25) is 9.97 Å². The van der Waals surface area contributed by atoms with Crippen LogP contribution in [0, 0.1) is 0 Å². The van der Waals surface area contributed by atoms with Crippen LogP contribution in [0.1, 0.15) is 25.1 Å². The van der Waals surface area contributed by atoms with Crippen molar-refractivity contribution in [1.82, 2.24) is 15.0 Å². The Bertz CT molecular complexity index is 461. The smallest absolute Gasteiger partial charge is 0.119 e. The fourth-order valence-electron chi connectivity index (χ4n) is 1.32.